The molecular formula is C16H31N3O. The fourth-order valence-corrected chi connectivity index (χ4v) is 2.16. The molecule has 4 nitrogen and oxygen atoms in total. The molecule has 0 aliphatic rings. The van der Waals surface area contributed by atoms with Crippen LogP contribution in [0.2, 0.25) is 0 Å². The normalized spacial score (nSPS) is 11.4. The van der Waals surface area contributed by atoms with Crippen molar-refractivity contribution in [1.82, 2.24) is 15.4 Å². The zero-order valence-corrected chi connectivity index (χ0v) is 13.5. The van der Waals surface area contributed by atoms with Crippen LogP contribution in [-0.2, 0) is 13.1 Å². The maximum Gasteiger partial charge on any atom is 0.151 e. The molecule has 0 radical (unpaired) electrons. The molecule has 0 amide bonds. The van der Waals surface area contributed by atoms with Gasteiger partial charge in [0.2, 0.25) is 0 Å². The van der Waals surface area contributed by atoms with Crippen molar-refractivity contribution < 1.29 is 4.52 Å². The minimum Gasteiger partial charge on any atom is -0.360 e. The monoisotopic (exact) mass is 281 g/mol. The van der Waals surface area contributed by atoms with Gasteiger partial charge >= 0.3 is 0 Å². The quantitative estimate of drug-likeness (QED) is 0.595. The van der Waals surface area contributed by atoms with Crippen LogP contribution in [0.5, 0.6) is 0 Å². The minimum absolute atomic E-state index is 0.807. The molecule has 1 aromatic heterocycles. The first-order valence-electron chi connectivity index (χ1n) is 8.17. The fraction of sp³-hybridized carbons (Fsp3) is 0.812. The van der Waals surface area contributed by atoms with Gasteiger partial charge in [0, 0.05) is 12.6 Å². The number of nitrogens with zero attached hydrogens (tertiary/aromatic N) is 2. The van der Waals surface area contributed by atoms with E-state index in [1.807, 2.05) is 0 Å². The van der Waals surface area contributed by atoms with Gasteiger partial charge in [-0.1, -0.05) is 38.8 Å². The number of hydrogen-bond acceptors (Lipinski definition) is 4. The Labute approximate surface area is 123 Å². The maximum atomic E-state index is 5.45. The third-order valence-corrected chi connectivity index (χ3v) is 3.38. The third-order valence-electron chi connectivity index (χ3n) is 3.38. The molecule has 1 rings (SSSR count). The Balaban J connectivity index is 2.41. The summed E-state index contributed by atoms with van der Waals surface area (Å²) in [7, 11) is 0. The molecule has 1 N–H and O–H groups in total. The first kappa shape index (κ1) is 17.2. The molecule has 0 bridgehead atoms. The van der Waals surface area contributed by atoms with E-state index < -0.39 is 0 Å². The second-order valence-electron chi connectivity index (χ2n) is 5.44. The van der Waals surface area contributed by atoms with Crippen molar-refractivity contribution in [1.29, 1.82) is 0 Å². The van der Waals surface area contributed by atoms with Gasteiger partial charge < -0.3 is 9.84 Å². The van der Waals surface area contributed by atoms with Gasteiger partial charge in [0.1, 0.15) is 0 Å². The summed E-state index contributed by atoms with van der Waals surface area (Å²) in [6.45, 7) is 11.7. The van der Waals surface area contributed by atoms with E-state index in [-0.39, 0.29) is 0 Å². The molecule has 1 heterocycles. The molecule has 0 saturated carbocycles. The molecule has 0 aliphatic carbocycles. The fourth-order valence-electron chi connectivity index (χ4n) is 2.16. The van der Waals surface area contributed by atoms with E-state index in [2.05, 4.69) is 42.2 Å². The van der Waals surface area contributed by atoms with Crippen molar-refractivity contribution in [2.45, 2.75) is 66.0 Å². The van der Waals surface area contributed by atoms with Gasteiger partial charge in [-0.25, -0.2) is 0 Å². The van der Waals surface area contributed by atoms with Crippen LogP contribution < -0.4 is 5.32 Å². The van der Waals surface area contributed by atoms with Crippen molar-refractivity contribution in [3.05, 3.63) is 17.5 Å². The summed E-state index contributed by atoms with van der Waals surface area (Å²) in [6.07, 6.45) is 6.13. The first-order valence-corrected chi connectivity index (χ1v) is 8.17. The van der Waals surface area contributed by atoms with Crippen LogP contribution in [0, 0.1) is 0 Å². The second-order valence-corrected chi connectivity index (χ2v) is 5.44. The van der Waals surface area contributed by atoms with Gasteiger partial charge in [0.05, 0.1) is 12.2 Å². The van der Waals surface area contributed by atoms with E-state index in [1.54, 1.807) is 0 Å². The highest BCUT2D eigenvalue weighted by Crippen LogP contribution is 2.09. The van der Waals surface area contributed by atoms with E-state index >= 15 is 0 Å². The summed E-state index contributed by atoms with van der Waals surface area (Å²) in [5.74, 6) is 0.991. The summed E-state index contributed by atoms with van der Waals surface area (Å²) >= 11 is 0. The van der Waals surface area contributed by atoms with Gasteiger partial charge in [0.25, 0.3) is 0 Å². The smallest absolute Gasteiger partial charge is 0.151 e. The van der Waals surface area contributed by atoms with Crippen LogP contribution in [-0.4, -0.2) is 29.7 Å². The van der Waals surface area contributed by atoms with Gasteiger partial charge in [0.15, 0.2) is 5.76 Å². The minimum atomic E-state index is 0.807. The van der Waals surface area contributed by atoms with Gasteiger partial charge in [-0.3, -0.25) is 4.90 Å². The zero-order chi connectivity index (χ0) is 14.6. The van der Waals surface area contributed by atoms with Crippen LogP contribution >= 0.6 is 0 Å². The van der Waals surface area contributed by atoms with Crippen molar-refractivity contribution in [3.8, 4) is 0 Å². The Kier molecular flexibility index (Phi) is 9.33. The van der Waals surface area contributed by atoms with Gasteiger partial charge in [-0.15, -0.1) is 0 Å². The van der Waals surface area contributed by atoms with E-state index in [0.29, 0.717) is 0 Å². The summed E-state index contributed by atoms with van der Waals surface area (Å²) in [5.41, 5.74) is 1.01. The lowest BCUT2D eigenvalue weighted by Crippen LogP contribution is -2.25. The molecule has 0 atom stereocenters. The Morgan fingerprint density at radius 2 is 1.80 bits per heavy atom. The molecule has 0 spiro atoms. The van der Waals surface area contributed by atoms with E-state index in [9.17, 15) is 0 Å². The lowest BCUT2D eigenvalue weighted by molar-refractivity contribution is 0.224. The third kappa shape index (κ3) is 7.06. The molecule has 0 aromatic carbocycles. The molecule has 116 valence electrons. The highest BCUT2D eigenvalue weighted by atomic mass is 16.5. The summed E-state index contributed by atoms with van der Waals surface area (Å²) in [6, 6.07) is 2.09. The molecule has 0 unspecified atom stereocenters. The maximum absolute atomic E-state index is 5.45. The lowest BCUT2D eigenvalue weighted by atomic mass is 10.2. The van der Waals surface area contributed by atoms with Crippen LogP contribution in [0.25, 0.3) is 0 Å². The Bertz CT molecular complexity index is 330. The molecular weight excluding hydrogens is 250 g/mol. The SMILES string of the molecule is CCCCN(CCCC)Cc1cc(CNCCC)no1. The average Bonchev–Trinajstić information content (AvgIpc) is 2.89. The van der Waals surface area contributed by atoms with Gasteiger partial charge in [-0.05, 0) is 38.9 Å². The zero-order valence-electron chi connectivity index (χ0n) is 13.5. The molecule has 0 saturated heterocycles. The summed E-state index contributed by atoms with van der Waals surface area (Å²) in [5, 5.41) is 7.49. The van der Waals surface area contributed by atoms with Crippen molar-refractivity contribution in [2.75, 3.05) is 19.6 Å². The molecule has 0 aliphatic heterocycles. The van der Waals surface area contributed by atoms with Crippen LogP contribution in [0.15, 0.2) is 10.6 Å². The van der Waals surface area contributed by atoms with Crippen LogP contribution in [0.4, 0.5) is 0 Å². The van der Waals surface area contributed by atoms with Crippen molar-refractivity contribution in [2.24, 2.45) is 0 Å². The summed E-state index contributed by atoms with van der Waals surface area (Å²) in [4.78, 5) is 2.48. The number of nitrogens with one attached hydrogen (secondary N) is 1. The average molecular weight is 281 g/mol. The Hall–Kier alpha value is -0.870. The lowest BCUT2D eigenvalue weighted by Gasteiger charge is -2.20. The number of unbranched alkanes of at least 4 members (excludes halogenated alkanes) is 2. The Morgan fingerprint density at radius 3 is 2.40 bits per heavy atom. The molecule has 1 aromatic rings. The Morgan fingerprint density at radius 1 is 1.10 bits per heavy atom. The number of hydrogen-bond donors (Lipinski definition) is 1. The molecule has 20 heavy (non-hydrogen) atoms. The van der Waals surface area contributed by atoms with E-state index in [4.69, 9.17) is 4.52 Å². The summed E-state index contributed by atoms with van der Waals surface area (Å²) < 4.78 is 5.45. The van der Waals surface area contributed by atoms with E-state index in [0.717, 1.165) is 50.6 Å². The number of aromatic nitrogens is 1. The van der Waals surface area contributed by atoms with Crippen LogP contribution in [0.1, 0.15) is 64.3 Å². The highest BCUT2D eigenvalue weighted by molar-refractivity contribution is 5.05. The van der Waals surface area contributed by atoms with Crippen molar-refractivity contribution in [3.63, 3.8) is 0 Å². The largest absolute Gasteiger partial charge is 0.360 e. The standard InChI is InChI=1S/C16H31N3O/c1-4-7-10-19(11-8-5-2)14-16-12-15(18-20-16)13-17-9-6-3/h12,17H,4-11,13-14H2,1-3H3. The van der Waals surface area contributed by atoms with Gasteiger partial charge in [-0.2, -0.15) is 0 Å². The number of rotatable bonds is 12. The van der Waals surface area contributed by atoms with Crippen LogP contribution in [0.3, 0.4) is 0 Å². The predicted molar refractivity (Wildman–Crippen MR) is 83.6 cm³/mol. The molecule has 4 heteroatoms. The van der Waals surface area contributed by atoms with Crippen molar-refractivity contribution >= 4 is 0 Å². The second kappa shape index (κ2) is 10.9. The first-order chi connectivity index (χ1) is 9.80. The molecule has 0 fully saturated rings. The topological polar surface area (TPSA) is 41.3 Å². The van der Waals surface area contributed by atoms with E-state index in [1.165, 1.54) is 25.7 Å². The highest BCUT2D eigenvalue weighted by Gasteiger charge is 2.10. The predicted octanol–water partition coefficient (Wildman–Crippen LogP) is 3.58.